The second kappa shape index (κ2) is 7.17. The Bertz CT molecular complexity index is 967. The Morgan fingerprint density at radius 2 is 2.12 bits per heavy atom. The number of thiophene rings is 1. The Kier molecular flexibility index (Phi) is 4.76. The number of aromatic amines is 1. The van der Waals surface area contributed by atoms with Crippen molar-refractivity contribution in [2.45, 2.75) is 30.8 Å². The first kappa shape index (κ1) is 16.6. The van der Waals surface area contributed by atoms with Crippen molar-refractivity contribution in [1.82, 2.24) is 9.97 Å². The lowest BCUT2D eigenvalue weighted by Crippen LogP contribution is -2.11. The third-order valence-corrected chi connectivity index (χ3v) is 6.24. The number of benzene rings is 1. The van der Waals surface area contributed by atoms with Gasteiger partial charge < -0.3 is 9.72 Å². The molecule has 4 nitrogen and oxygen atoms in total. The van der Waals surface area contributed by atoms with Crippen LogP contribution in [0.4, 0.5) is 4.39 Å². The summed E-state index contributed by atoms with van der Waals surface area (Å²) in [6, 6.07) is 6.33. The van der Waals surface area contributed by atoms with Gasteiger partial charge in [-0.1, -0.05) is 23.9 Å². The third kappa shape index (κ3) is 3.43. The van der Waals surface area contributed by atoms with E-state index in [4.69, 9.17) is 4.74 Å². The first-order chi connectivity index (χ1) is 12.2. The van der Waals surface area contributed by atoms with E-state index in [0.29, 0.717) is 17.5 Å². The van der Waals surface area contributed by atoms with Crippen LogP contribution >= 0.6 is 23.1 Å². The molecule has 0 aliphatic heterocycles. The van der Waals surface area contributed by atoms with Gasteiger partial charge in [-0.15, -0.1) is 11.3 Å². The molecule has 1 N–H and O–H groups in total. The Hall–Kier alpha value is -1.86. The highest BCUT2D eigenvalue weighted by molar-refractivity contribution is 7.99. The van der Waals surface area contributed by atoms with Gasteiger partial charge in [0.15, 0.2) is 16.7 Å². The van der Waals surface area contributed by atoms with Gasteiger partial charge in [0.05, 0.1) is 12.0 Å². The largest absolute Gasteiger partial charge is 0.490 e. The van der Waals surface area contributed by atoms with Crippen LogP contribution in [0, 0.1) is 5.82 Å². The number of nitrogens with zero attached hydrogens (tertiary/aromatic N) is 1. The van der Waals surface area contributed by atoms with E-state index < -0.39 is 0 Å². The van der Waals surface area contributed by atoms with E-state index in [2.05, 4.69) is 9.97 Å². The molecule has 7 heteroatoms. The minimum Gasteiger partial charge on any atom is -0.490 e. The van der Waals surface area contributed by atoms with E-state index >= 15 is 0 Å². The summed E-state index contributed by atoms with van der Waals surface area (Å²) < 4.78 is 18.9. The molecule has 0 fully saturated rings. The molecule has 1 aromatic carbocycles. The fraction of sp³-hybridized carbons (Fsp3) is 0.333. The number of hydrogen-bond acceptors (Lipinski definition) is 5. The monoisotopic (exact) mass is 376 g/mol. The summed E-state index contributed by atoms with van der Waals surface area (Å²) in [7, 11) is 0. The van der Waals surface area contributed by atoms with Gasteiger partial charge >= 0.3 is 0 Å². The van der Waals surface area contributed by atoms with E-state index in [0.717, 1.165) is 29.5 Å². The van der Waals surface area contributed by atoms with Crippen LogP contribution in [0.2, 0.25) is 0 Å². The highest BCUT2D eigenvalue weighted by Gasteiger charge is 2.19. The molecule has 0 bridgehead atoms. The van der Waals surface area contributed by atoms with Crippen LogP contribution in [-0.2, 0) is 12.8 Å². The smallest absolute Gasteiger partial charge is 0.260 e. The van der Waals surface area contributed by atoms with Crippen molar-refractivity contribution in [2.75, 3.05) is 12.4 Å². The molecule has 1 aliphatic rings. The first-order valence-electron chi connectivity index (χ1n) is 8.27. The quantitative estimate of drug-likeness (QED) is 0.412. The molecule has 2 aromatic heterocycles. The van der Waals surface area contributed by atoms with Gasteiger partial charge in [-0.3, -0.25) is 4.79 Å². The standard InChI is InChI=1S/C18H17FN2O2S2/c19-12-6-2-3-7-13(12)23-9-10-24-18-20-16(22)15-11-5-1-4-8-14(11)25-17(15)21-18/h2-3,6-7H,1,4-5,8-10H2,(H,20,21,22). The number of para-hydroxylation sites is 1. The fourth-order valence-corrected chi connectivity index (χ4v) is 5.06. The van der Waals surface area contributed by atoms with Gasteiger partial charge in [-0.25, -0.2) is 9.37 Å². The van der Waals surface area contributed by atoms with Gasteiger partial charge in [0, 0.05) is 10.6 Å². The van der Waals surface area contributed by atoms with Crippen LogP contribution in [0.5, 0.6) is 5.75 Å². The van der Waals surface area contributed by atoms with E-state index in [-0.39, 0.29) is 17.1 Å². The molecule has 0 atom stereocenters. The summed E-state index contributed by atoms with van der Waals surface area (Å²) >= 11 is 3.05. The average Bonchev–Trinajstić information content (AvgIpc) is 2.99. The first-order valence-corrected chi connectivity index (χ1v) is 10.1. The van der Waals surface area contributed by atoms with Gasteiger partial charge in [-0.2, -0.15) is 0 Å². The lowest BCUT2D eigenvalue weighted by Gasteiger charge is -2.09. The molecule has 4 rings (SSSR count). The molecule has 2 heterocycles. The topological polar surface area (TPSA) is 55.0 Å². The minimum atomic E-state index is -0.371. The van der Waals surface area contributed by atoms with E-state index in [1.165, 1.54) is 34.7 Å². The Balaban J connectivity index is 1.45. The maximum absolute atomic E-state index is 13.5. The van der Waals surface area contributed by atoms with Crippen LogP contribution in [0.3, 0.4) is 0 Å². The summed E-state index contributed by atoms with van der Waals surface area (Å²) in [6.07, 6.45) is 4.35. The molecule has 1 aliphatic carbocycles. The van der Waals surface area contributed by atoms with Crippen LogP contribution < -0.4 is 10.3 Å². The summed E-state index contributed by atoms with van der Waals surface area (Å²) in [4.78, 5) is 22.1. The molecule has 0 radical (unpaired) electrons. The molecule has 3 aromatic rings. The zero-order valence-corrected chi connectivity index (χ0v) is 15.1. The SMILES string of the molecule is O=c1[nH]c(SCCOc2ccccc2F)nc2sc3c(c12)CCCC3. The van der Waals surface area contributed by atoms with Crippen molar-refractivity contribution in [3.05, 3.63) is 50.9 Å². The molecular formula is C18H17FN2O2S2. The second-order valence-electron chi connectivity index (χ2n) is 5.89. The van der Waals surface area contributed by atoms with Gasteiger partial charge in [-0.05, 0) is 43.4 Å². The summed E-state index contributed by atoms with van der Waals surface area (Å²) in [6.45, 7) is 0.342. The van der Waals surface area contributed by atoms with Crippen LogP contribution in [0.15, 0.2) is 34.2 Å². The summed E-state index contributed by atoms with van der Waals surface area (Å²) in [5.41, 5.74) is 1.14. The molecule has 0 saturated heterocycles. The van der Waals surface area contributed by atoms with Crippen molar-refractivity contribution in [1.29, 1.82) is 0 Å². The number of fused-ring (bicyclic) bond motifs is 3. The van der Waals surface area contributed by atoms with Gasteiger partial charge in [0.1, 0.15) is 4.83 Å². The van der Waals surface area contributed by atoms with Crippen LogP contribution in [-0.4, -0.2) is 22.3 Å². The van der Waals surface area contributed by atoms with Crippen molar-refractivity contribution >= 4 is 33.3 Å². The number of H-pyrrole nitrogens is 1. The lowest BCUT2D eigenvalue weighted by atomic mass is 9.97. The number of rotatable bonds is 5. The summed E-state index contributed by atoms with van der Waals surface area (Å²) in [5, 5.41) is 1.36. The number of hydrogen-bond donors (Lipinski definition) is 1. The Morgan fingerprint density at radius 1 is 1.28 bits per heavy atom. The maximum Gasteiger partial charge on any atom is 0.260 e. The predicted octanol–water partition coefficient (Wildman–Crippen LogP) is 4.17. The van der Waals surface area contributed by atoms with Crippen molar-refractivity contribution in [3.63, 3.8) is 0 Å². The highest BCUT2D eigenvalue weighted by atomic mass is 32.2. The average molecular weight is 376 g/mol. The van der Waals surface area contributed by atoms with Crippen LogP contribution in [0.25, 0.3) is 10.2 Å². The zero-order valence-electron chi connectivity index (χ0n) is 13.5. The number of nitrogens with one attached hydrogen (secondary N) is 1. The maximum atomic E-state index is 13.5. The number of halogens is 1. The second-order valence-corrected chi connectivity index (χ2v) is 8.06. The van der Waals surface area contributed by atoms with Crippen LogP contribution in [0.1, 0.15) is 23.3 Å². The molecular weight excluding hydrogens is 359 g/mol. The highest BCUT2D eigenvalue weighted by Crippen LogP contribution is 2.34. The number of thioether (sulfide) groups is 1. The van der Waals surface area contributed by atoms with Crippen molar-refractivity contribution < 1.29 is 9.13 Å². The number of aryl methyl sites for hydroxylation is 2. The molecule has 0 unspecified atom stereocenters. The normalized spacial score (nSPS) is 13.8. The molecule has 25 heavy (non-hydrogen) atoms. The van der Waals surface area contributed by atoms with Gasteiger partial charge in [0.2, 0.25) is 0 Å². The van der Waals surface area contributed by atoms with Crippen molar-refractivity contribution in [2.24, 2.45) is 0 Å². The fourth-order valence-electron chi connectivity index (χ4n) is 3.06. The zero-order chi connectivity index (χ0) is 17.2. The van der Waals surface area contributed by atoms with E-state index in [1.807, 2.05) is 0 Å². The number of ether oxygens (including phenoxy) is 1. The van der Waals surface area contributed by atoms with E-state index in [9.17, 15) is 9.18 Å². The third-order valence-electron chi connectivity index (χ3n) is 4.22. The Morgan fingerprint density at radius 3 is 3.00 bits per heavy atom. The van der Waals surface area contributed by atoms with E-state index in [1.54, 1.807) is 29.5 Å². The summed E-state index contributed by atoms with van der Waals surface area (Å²) in [5.74, 6) is 0.448. The molecule has 130 valence electrons. The number of aromatic nitrogens is 2. The van der Waals surface area contributed by atoms with Gasteiger partial charge in [0.25, 0.3) is 5.56 Å². The lowest BCUT2D eigenvalue weighted by molar-refractivity contribution is 0.325. The van der Waals surface area contributed by atoms with Crippen molar-refractivity contribution in [3.8, 4) is 5.75 Å². The Labute approximate surface area is 152 Å². The molecule has 0 spiro atoms. The molecule has 0 saturated carbocycles. The predicted molar refractivity (Wildman–Crippen MR) is 99.5 cm³/mol. The minimum absolute atomic E-state index is 0.0538. The molecule has 0 amide bonds.